The molecule has 1 aromatic carbocycles. The van der Waals surface area contributed by atoms with Gasteiger partial charge >= 0.3 is 0 Å². The highest BCUT2D eigenvalue weighted by atomic mass is 16.5. The Bertz CT molecular complexity index is 392. The molecule has 4 heteroatoms. The van der Waals surface area contributed by atoms with Crippen molar-refractivity contribution in [3.8, 4) is 5.75 Å². The van der Waals surface area contributed by atoms with Crippen molar-refractivity contribution >= 4 is 5.91 Å². The molecule has 0 unspecified atom stereocenters. The van der Waals surface area contributed by atoms with Gasteiger partial charge in [0.2, 0.25) is 5.91 Å². The van der Waals surface area contributed by atoms with Crippen LogP contribution in [0.3, 0.4) is 0 Å². The molecule has 0 atom stereocenters. The Morgan fingerprint density at radius 3 is 3.12 bits per heavy atom. The number of carbonyl (C=O) groups excluding carboxylic acids is 1. The molecular weight excluding hydrogens is 218 g/mol. The molecule has 17 heavy (non-hydrogen) atoms. The maximum absolute atomic E-state index is 11.3. The topological polar surface area (TPSA) is 49.8 Å². The minimum absolute atomic E-state index is 0.0399. The number of ether oxygens (including phenoxy) is 1. The summed E-state index contributed by atoms with van der Waals surface area (Å²) in [5.41, 5.74) is 0.708. The smallest absolute Gasteiger partial charge is 0.222 e. The van der Waals surface area contributed by atoms with Crippen molar-refractivity contribution in [2.45, 2.75) is 19.4 Å². The van der Waals surface area contributed by atoms with Gasteiger partial charge in [0.15, 0.2) is 0 Å². The van der Waals surface area contributed by atoms with E-state index in [0.717, 1.165) is 13.0 Å². The number of benzene rings is 1. The Balaban J connectivity index is 1.79. The molecule has 1 fully saturated rings. The van der Waals surface area contributed by atoms with Gasteiger partial charge in [0.1, 0.15) is 12.4 Å². The normalized spacial score (nSPS) is 15.4. The fraction of sp³-hybridized carbons (Fsp3) is 0.462. The number of rotatable bonds is 5. The molecule has 1 radical (unpaired) electrons. The molecular formula is C13H16NO3. The molecule has 1 aromatic rings. The molecule has 1 amide bonds. The average molecular weight is 234 g/mol. The first-order valence-corrected chi connectivity index (χ1v) is 5.81. The monoisotopic (exact) mass is 234 g/mol. The third kappa shape index (κ3) is 3.20. The van der Waals surface area contributed by atoms with Gasteiger partial charge in [-0.3, -0.25) is 4.79 Å². The Morgan fingerprint density at radius 1 is 1.53 bits per heavy atom. The maximum Gasteiger partial charge on any atom is 0.222 e. The Labute approximate surface area is 101 Å². The van der Waals surface area contributed by atoms with Crippen molar-refractivity contribution in [3.63, 3.8) is 0 Å². The Hall–Kier alpha value is -1.55. The van der Waals surface area contributed by atoms with Crippen LogP contribution in [-0.2, 0) is 11.4 Å². The van der Waals surface area contributed by atoms with Crippen LogP contribution in [0.15, 0.2) is 18.2 Å². The fourth-order valence-electron chi connectivity index (χ4n) is 1.89. The van der Waals surface area contributed by atoms with Crippen molar-refractivity contribution in [3.05, 3.63) is 29.8 Å². The molecule has 0 saturated carbocycles. The minimum atomic E-state index is -0.0399. The largest absolute Gasteiger partial charge is 0.492 e. The zero-order chi connectivity index (χ0) is 12.1. The molecule has 0 spiro atoms. The van der Waals surface area contributed by atoms with Crippen molar-refractivity contribution < 1.29 is 14.6 Å². The molecule has 1 heterocycles. The third-order valence-electron chi connectivity index (χ3n) is 2.80. The van der Waals surface area contributed by atoms with Gasteiger partial charge in [0.05, 0.1) is 13.2 Å². The minimum Gasteiger partial charge on any atom is -0.492 e. The van der Waals surface area contributed by atoms with E-state index in [1.165, 1.54) is 0 Å². The number of carbonyl (C=O) groups is 1. The van der Waals surface area contributed by atoms with Gasteiger partial charge in [-0.2, -0.15) is 0 Å². The van der Waals surface area contributed by atoms with E-state index in [1.54, 1.807) is 18.2 Å². The summed E-state index contributed by atoms with van der Waals surface area (Å²) in [7, 11) is 0. The molecule has 0 aromatic heterocycles. The molecule has 1 aliphatic heterocycles. The number of aliphatic hydroxyl groups excluding tert-OH is 1. The number of likely N-dealkylation sites (tertiary alicyclic amines) is 1. The first-order chi connectivity index (χ1) is 8.29. The summed E-state index contributed by atoms with van der Waals surface area (Å²) in [6.45, 7) is 1.92. The predicted molar refractivity (Wildman–Crippen MR) is 62.5 cm³/mol. The first-order valence-electron chi connectivity index (χ1n) is 5.81. The van der Waals surface area contributed by atoms with Gasteiger partial charge in [-0.15, -0.1) is 0 Å². The highest BCUT2D eigenvalue weighted by Gasteiger charge is 2.19. The summed E-state index contributed by atoms with van der Waals surface area (Å²) < 4.78 is 5.53. The second kappa shape index (κ2) is 5.68. The average Bonchev–Trinajstić information content (AvgIpc) is 2.76. The number of amides is 1. The van der Waals surface area contributed by atoms with Crippen LogP contribution in [0.5, 0.6) is 5.75 Å². The summed E-state index contributed by atoms with van der Waals surface area (Å²) in [5, 5.41) is 8.96. The molecule has 4 nitrogen and oxygen atoms in total. The number of hydrogen-bond donors (Lipinski definition) is 1. The highest BCUT2D eigenvalue weighted by Crippen LogP contribution is 2.13. The third-order valence-corrected chi connectivity index (χ3v) is 2.80. The summed E-state index contributed by atoms with van der Waals surface area (Å²) >= 11 is 0. The van der Waals surface area contributed by atoms with Crippen molar-refractivity contribution in [2.24, 2.45) is 0 Å². The fourth-order valence-corrected chi connectivity index (χ4v) is 1.89. The van der Waals surface area contributed by atoms with Crippen LogP contribution in [0.1, 0.15) is 18.4 Å². The van der Waals surface area contributed by atoms with Crippen molar-refractivity contribution in [2.75, 3.05) is 19.7 Å². The van der Waals surface area contributed by atoms with Crippen LogP contribution in [0, 0.1) is 6.07 Å². The van der Waals surface area contributed by atoms with E-state index in [-0.39, 0.29) is 12.5 Å². The van der Waals surface area contributed by atoms with Crippen LogP contribution < -0.4 is 4.74 Å². The molecule has 91 valence electrons. The summed E-state index contributed by atoms with van der Waals surface area (Å²) in [6, 6.07) is 8.18. The quantitative estimate of drug-likeness (QED) is 0.826. The molecule has 0 aliphatic carbocycles. The molecule has 1 saturated heterocycles. The van der Waals surface area contributed by atoms with Crippen LogP contribution in [0.25, 0.3) is 0 Å². The zero-order valence-electron chi connectivity index (χ0n) is 9.69. The van der Waals surface area contributed by atoms with Crippen LogP contribution in [-0.4, -0.2) is 35.6 Å². The standard InChI is InChI=1S/C13H16NO3/c15-10-11-3-1-4-12(9-11)17-8-7-14-6-2-5-13(14)16/h1,4,9,15H,2,5-8,10H2. The molecule has 2 rings (SSSR count). The summed E-state index contributed by atoms with van der Waals surface area (Å²) in [5.74, 6) is 0.922. The van der Waals surface area contributed by atoms with E-state index in [1.807, 2.05) is 4.90 Å². The lowest BCUT2D eigenvalue weighted by Gasteiger charge is -2.15. The van der Waals surface area contributed by atoms with Crippen LogP contribution in [0.4, 0.5) is 0 Å². The first kappa shape index (κ1) is 11.9. The second-order valence-electron chi connectivity index (χ2n) is 4.04. The van der Waals surface area contributed by atoms with Gasteiger partial charge in [0, 0.05) is 13.0 Å². The van der Waals surface area contributed by atoms with Gasteiger partial charge in [-0.25, -0.2) is 0 Å². The maximum atomic E-state index is 11.3. The second-order valence-corrected chi connectivity index (χ2v) is 4.04. The van der Waals surface area contributed by atoms with Gasteiger partial charge in [0.25, 0.3) is 0 Å². The van der Waals surface area contributed by atoms with Crippen LogP contribution >= 0.6 is 0 Å². The van der Waals surface area contributed by atoms with Gasteiger partial charge in [-0.05, 0) is 30.2 Å². The Kier molecular flexibility index (Phi) is 3.98. The molecule has 0 bridgehead atoms. The van der Waals surface area contributed by atoms with Gasteiger partial charge < -0.3 is 14.7 Å². The molecule has 1 N–H and O–H groups in total. The lowest BCUT2D eigenvalue weighted by Crippen LogP contribution is -2.29. The summed E-state index contributed by atoms with van der Waals surface area (Å²) in [6.07, 6.45) is 1.61. The zero-order valence-corrected chi connectivity index (χ0v) is 9.69. The van der Waals surface area contributed by atoms with E-state index in [2.05, 4.69) is 6.07 Å². The number of nitrogens with zero attached hydrogens (tertiary/aromatic N) is 1. The SMILES string of the molecule is O=C1CCCN1CCOc1cc[c]c(CO)c1. The number of aliphatic hydroxyl groups is 1. The van der Waals surface area contributed by atoms with Crippen molar-refractivity contribution in [1.29, 1.82) is 0 Å². The van der Waals surface area contributed by atoms with Gasteiger partial charge in [-0.1, -0.05) is 6.07 Å². The predicted octanol–water partition coefficient (Wildman–Crippen LogP) is 0.980. The summed E-state index contributed by atoms with van der Waals surface area (Å²) in [4.78, 5) is 13.2. The lowest BCUT2D eigenvalue weighted by molar-refractivity contribution is -0.128. The van der Waals surface area contributed by atoms with E-state index < -0.39 is 0 Å². The number of hydrogen-bond acceptors (Lipinski definition) is 3. The van der Waals surface area contributed by atoms with Crippen LogP contribution in [0.2, 0.25) is 0 Å². The highest BCUT2D eigenvalue weighted by molar-refractivity contribution is 5.78. The Morgan fingerprint density at radius 2 is 2.41 bits per heavy atom. The molecule has 1 aliphatic rings. The lowest BCUT2D eigenvalue weighted by atomic mass is 10.2. The van der Waals surface area contributed by atoms with E-state index in [0.29, 0.717) is 30.9 Å². The van der Waals surface area contributed by atoms with E-state index in [9.17, 15) is 4.79 Å². The van der Waals surface area contributed by atoms with E-state index >= 15 is 0 Å². The van der Waals surface area contributed by atoms with Crippen molar-refractivity contribution in [1.82, 2.24) is 4.90 Å². The van der Waals surface area contributed by atoms with E-state index in [4.69, 9.17) is 9.84 Å².